The lowest BCUT2D eigenvalue weighted by molar-refractivity contribution is -0.137. The highest BCUT2D eigenvalue weighted by Gasteiger charge is 2.30. The number of benzene rings is 1. The molecule has 0 aliphatic rings. The maximum Gasteiger partial charge on any atom is 0.416 e. The van der Waals surface area contributed by atoms with E-state index < -0.39 is 11.7 Å². The molecule has 0 N–H and O–H groups in total. The molecule has 0 radical (unpaired) electrons. The van der Waals surface area contributed by atoms with Crippen LogP contribution in [0.4, 0.5) is 13.2 Å². The molecular formula is C19H18F3N3O4. The van der Waals surface area contributed by atoms with Crippen LogP contribution < -0.4 is 0 Å². The van der Waals surface area contributed by atoms with Gasteiger partial charge in [0.1, 0.15) is 0 Å². The number of hydrogen-bond donors (Lipinski definition) is 0. The number of carbonyl (C=O) groups is 1. The molecule has 0 fully saturated rings. The van der Waals surface area contributed by atoms with Crippen molar-refractivity contribution in [1.82, 2.24) is 15.0 Å². The van der Waals surface area contributed by atoms with Crippen LogP contribution in [0.3, 0.4) is 0 Å². The summed E-state index contributed by atoms with van der Waals surface area (Å²) in [7, 11) is 1.52. The molecule has 1 aromatic carbocycles. The van der Waals surface area contributed by atoms with Gasteiger partial charge in [-0.1, -0.05) is 17.3 Å². The van der Waals surface area contributed by atoms with Gasteiger partial charge in [-0.25, -0.2) is 0 Å². The molecule has 0 aliphatic carbocycles. The van der Waals surface area contributed by atoms with E-state index in [0.717, 1.165) is 12.1 Å². The number of hydrogen-bond acceptors (Lipinski definition) is 6. The zero-order valence-corrected chi connectivity index (χ0v) is 15.5. The minimum Gasteiger partial charge on any atom is -0.459 e. The Morgan fingerprint density at radius 2 is 2.03 bits per heavy atom. The van der Waals surface area contributed by atoms with Crippen molar-refractivity contribution in [3.8, 4) is 11.4 Å². The molecule has 1 amide bonds. The monoisotopic (exact) mass is 409 g/mol. The average Bonchev–Trinajstić information content (AvgIpc) is 3.39. The van der Waals surface area contributed by atoms with Crippen LogP contribution in [0, 0.1) is 0 Å². The highest BCUT2D eigenvalue weighted by atomic mass is 19.4. The van der Waals surface area contributed by atoms with Crippen molar-refractivity contribution < 1.29 is 31.6 Å². The molecule has 154 valence electrons. The fraction of sp³-hybridized carbons (Fsp3) is 0.316. The van der Waals surface area contributed by atoms with Crippen molar-refractivity contribution in [1.29, 1.82) is 0 Å². The van der Waals surface area contributed by atoms with E-state index in [2.05, 4.69) is 10.1 Å². The molecule has 3 aromatic rings. The minimum absolute atomic E-state index is 0.0481. The third-order valence-electron chi connectivity index (χ3n) is 4.10. The van der Waals surface area contributed by atoms with Gasteiger partial charge >= 0.3 is 6.18 Å². The van der Waals surface area contributed by atoms with Gasteiger partial charge in [-0.05, 0) is 24.3 Å². The van der Waals surface area contributed by atoms with E-state index >= 15 is 0 Å². The van der Waals surface area contributed by atoms with Crippen molar-refractivity contribution in [2.45, 2.75) is 12.6 Å². The van der Waals surface area contributed by atoms with Crippen LogP contribution >= 0.6 is 0 Å². The van der Waals surface area contributed by atoms with Gasteiger partial charge in [-0.3, -0.25) is 4.79 Å². The summed E-state index contributed by atoms with van der Waals surface area (Å²) < 4.78 is 53.9. The molecule has 10 heteroatoms. The molecule has 0 saturated carbocycles. The van der Waals surface area contributed by atoms with Gasteiger partial charge in [0.25, 0.3) is 5.91 Å². The third kappa shape index (κ3) is 5.23. The normalized spacial score (nSPS) is 11.6. The van der Waals surface area contributed by atoms with Crippen molar-refractivity contribution in [2.75, 3.05) is 26.8 Å². The summed E-state index contributed by atoms with van der Waals surface area (Å²) in [5, 5.41) is 3.74. The second kappa shape index (κ2) is 8.91. The topological polar surface area (TPSA) is 81.6 Å². The van der Waals surface area contributed by atoms with E-state index in [1.807, 2.05) is 0 Å². The van der Waals surface area contributed by atoms with E-state index in [0.29, 0.717) is 13.2 Å². The molecule has 0 saturated heterocycles. The smallest absolute Gasteiger partial charge is 0.416 e. The van der Waals surface area contributed by atoms with Crippen LogP contribution in [0.2, 0.25) is 0 Å². The molecule has 0 atom stereocenters. The van der Waals surface area contributed by atoms with Gasteiger partial charge in [0, 0.05) is 32.2 Å². The largest absolute Gasteiger partial charge is 0.459 e. The lowest BCUT2D eigenvalue weighted by Gasteiger charge is -2.20. The summed E-state index contributed by atoms with van der Waals surface area (Å²) in [5.41, 5.74) is -0.603. The lowest BCUT2D eigenvalue weighted by Crippen LogP contribution is -2.35. The Hall–Kier alpha value is -3.14. The number of rotatable bonds is 8. The van der Waals surface area contributed by atoms with Crippen LogP contribution in [0.1, 0.15) is 22.0 Å². The SMILES string of the molecule is COCCN(CCc1nc(-c2cccc(C(F)(F)F)c2)no1)C(=O)c1ccco1. The Morgan fingerprint density at radius 3 is 2.72 bits per heavy atom. The van der Waals surface area contributed by atoms with Gasteiger partial charge in [0.2, 0.25) is 11.7 Å². The Bertz CT molecular complexity index is 938. The lowest BCUT2D eigenvalue weighted by atomic mass is 10.1. The molecule has 0 unspecified atom stereocenters. The Balaban J connectivity index is 1.69. The second-order valence-corrected chi connectivity index (χ2v) is 6.10. The zero-order valence-electron chi connectivity index (χ0n) is 15.5. The summed E-state index contributed by atoms with van der Waals surface area (Å²) in [6.45, 7) is 0.892. The summed E-state index contributed by atoms with van der Waals surface area (Å²) in [5.74, 6) is 0.125. The second-order valence-electron chi connectivity index (χ2n) is 6.10. The number of alkyl halides is 3. The van der Waals surface area contributed by atoms with Gasteiger partial charge in [0.15, 0.2) is 5.76 Å². The van der Waals surface area contributed by atoms with Crippen LogP contribution in [0.5, 0.6) is 0 Å². The van der Waals surface area contributed by atoms with Crippen LogP contribution in [0.25, 0.3) is 11.4 Å². The number of methoxy groups -OCH3 is 1. The summed E-state index contributed by atoms with van der Waals surface area (Å²) in [6.07, 6.45) is -2.83. The standard InChI is InChI=1S/C19H18F3N3O4/c1-27-11-9-25(18(26)15-6-3-10-28-15)8-7-16-23-17(24-29-16)13-4-2-5-14(12-13)19(20,21)22/h2-6,10,12H,7-9,11H2,1H3. The van der Waals surface area contributed by atoms with E-state index in [-0.39, 0.29) is 41.9 Å². The molecule has 2 heterocycles. The van der Waals surface area contributed by atoms with Gasteiger partial charge in [0.05, 0.1) is 18.4 Å². The highest BCUT2D eigenvalue weighted by Crippen LogP contribution is 2.31. The van der Waals surface area contributed by atoms with Gasteiger partial charge < -0.3 is 18.6 Å². The molecule has 0 aliphatic heterocycles. The average molecular weight is 409 g/mol. The predicted octanol–water partition coefficient (Wildman–Crippen LogP) is 3.68. The Kier molecular flexibility index (Phi) is 6.32. The van der Waals surface area contributed by atoms with Crippen LogP contribution in [-0.4, -0.2) is 47.8 Å². The van der Waals surface area contributed by atoms with E-state index in [4.69, 9.17) is 13.7 Å². The summed E-state index contributed by atoms with van der Waals surface area (Å²) in [4.78, 5) is 18.1. The number of halogens is 3. The molecule has 2 aromatic heterocycles. The van der Waals surface area contributed by atoms with Crippen molar-refractivity contribution >= 4 is 5.91 Å². The maximum atomic E-state index is 12.9. The molecule has 7 nitrogen and oxygen atoms in total. The number of amides is 1. The van der Waals surface area contributed by atoms with Crippen molar-refractivity contribution in [2.24, 2.45) is 0 Å². The van der Waals surface area contributed by atoms with Crippen molar-refractivity contribution in [3.63, 3.8) is 0 Å². The van der Waals surface area contributed by atoms with Crippen LogP contribution in [-0.2, 0) is 17.3 Å². The molecular weight excluding hydrogens is 391 g/mol. The Morgan fingerprint density at radius 1 is 1.21 bits per heavy atom. The van der Waals surface area contributed by atoms with Gasteiger partial charge in [-0.15, -0.1) is 0 Å². The predicted molar refractivity (Wildman–Crippen MR) is 94.9 cm³/mol. The van der Waals surface area contributed by atoms with Crippen molar-refractivity contribution in [3.05, 3.63) is 59.9 Å². The number of carbonyl (C=O) groups excluding carboxylic acids is 1. The first-order valence-electron chi connectivity index (χ1n) is 8.70. The van der Waals surface area contributed by atoms with E-state index in [1.54, 1.807) is 12.1 Å². The summed E-state index contributed by atoms with van der Waals surface area (Å²) in [6, 6.07) is 7.85. The van der Waals surface area contributed by atoms with Crippen LogP contribution in [0.15, 0.2) is 51.6 Å². The number of aromatic nitrogens is 2. The molecule has 3 rings (SSSR count). The number of furan rings is 1. The third-order valence-corrected chi connectivity index (χ3v) is 4.10. The first kappa shape index (κ1) is 20.6. The van der Waals surface area contributed by atoms with E-state index in [9.17, 15) is 18.0 Å². The molecule has 0 bridgehead atoms. The first-order chi connectivity index (χ1) is 13.9. The first-order valence-corrected chi connectivity index (χ1v) is 8.70. The Labute approximate surface area is 164 Å². The quantitative estimate of drug-likeness (QED) is 0.565. The number of nitrogens with zero attached hydrogens (tertiary/aromatic N) is 3. The fourth-order valence-electron chi connectivity index (χ4n) is 2.61. The fourth-order valence-corrected chi connectivity index (χ4v) is 2.61. The maximum absolute atomic E-state index is 12.9. The molecule has 0 spiro atoms. The molecule has 29 heavy (non-hydrogen) atoms. The summed E-state index contributed by atoms with van der Waals surface area (Å²) >= 11 is 0. The van der Waals surface area contributed by atoms with E-state index in [1.165, 1.54) is 30.4 Å². The minimum atomic E-state index is -4.46. The highest BCUT2D eigenvalue weighted by molar-refractivity contribution is 5.91. The zero-order chi connectivity index (χ0) is 20.9. The number of ether oxygens (including phenoxy) is 1. The van der Waals surface area contributed by atoms with Gasteiger partial charge in [-0.2, -0.15) is 18.2 Å².